The van der Waals surface area contributed by atoms with Crippen molar-refractivity contribution in [1.82, 2.24) is 9.55 Å². The molecule has 3 heteroatoms. The molecule has 0 bridgehead atoms. The van der Waals surface area contributed by atoms with Crippen molar-refractivity contribution in [2.45, 2.75) is 27.3 Å². The Kier molecular flexibility index (Phi) is 3.18. The third-order valence-electron chi connectivity index (χ3n) is 2.63. The SMILES string of the molecule is Cc1cn(CC(C)C)c(-c2ccc(N)cc2)n1. The number of nitrogens with zero attached hydrogens (tertiary/aromatic N) is 2. The Morgan fingerprint density at radius 1 is 1.24 bits per heavy atom. The van der Waals surface area contributed by atoms with Gasteiger partial charge in [0.1, 0.15) is 5.82 Å². The number of rotatable bonds is 3. The first-order valence-electron chi connectivity index (χ1n) is 5.96. The number of aromatic nitrogens is 2. The standard InChI is InChI=1S/C14H19N3/c1-10(2)8-17-9-11(3)16-14(17)12-4-6-13(15)7-5-12/h4-7,9-10H,8,15H2,1-3H3. The van der Waals surface area contributed by atoms with Gasteiger partial charge in [0, 0.05) is 24.0 Å². The largest absolute Gasteiger partial charge is 0.399 e. The van der Waals surface area contributed by atoms with Gasteiger partial charge in [-0.15, -0.1) is 0 Å². The fourth-order valence-corrected chi connectivity index (χ4v) is 1.94. The van der Waals surface area contributed by atoms with Crippen molar-refractivity contribution in [3.8, 4) is 11.4 Å². The van der Waals surface area contributed by atoms with Gasteiger partial charge in [-0.3, -0.25) is 0 Å². The summed E-state index contributed by atoms with van der Waals surface area (Å²) in [5, 5.41) is 0. The van der Waals surface area contributed by atoms with Crippen molar-refractivity contribution in [2.75, 3.05) is 5.73 Å². The van der Waals surface area contributed by atoms with Crippen LogP contribution in [0.15, 0.2) is 30.5 Å². The average molecular weight is 229 g/mol. The van der Waals surface area contributed by atoms with Crippen molar-refractivity contribution in [3.63, 3.8) is 0 Å². The maximum absolute atomic E-state index is 5.70. The van der Waals surface area contributed by atoms with Gasteiger partial charge >= 0.3 is 0 Å². The number of benzene rings is 1. The molecule has 1 heterocycles. The fourth-order valence-electron chi connectivity index (χ4n) is 1.94. The molecule has 0 saturated carbocycles. The fraction of sp³-hybridized carbons (Fsp3) is 0.357. The lowest BCUT2D eigenvalue weighted by Gasteiger charge is -2.10. The number of imidazole rings is 1. The van der Waals surface area contributed by atoms with E-state index in [2.05, 4.69) is 29.6 Å². The lowest BCUT2D eigenvalue weighted by molar-refractivity contribution is 0.526. The third-order valence-corrected chi connectivity index (χ3v) is 2.63. The minimum Gasteiger partial charge on any atom is -0.399 e. The van der Waals surface area contributed by atoms with Crippen molar-refractivity contribution in [1.29, 1.82) is 0 Å². The number of nitrogens with two attached hydrogens (primary N) is 1. The predicted molar refractivity (Wildman–Crippen MR) is 71.7 cm³/mol. The van der Waals surface area contributed by atoms with E-state index in [0.29, 0.717) is 5.92 Å². The lowest BCUT2D eigenvalue weighted by Crippen LogP contribution is -2.05. The predicted octanol–water partition coefficient (Wildman–Crippen LogP) is 3.10. The Morgan fingerprint density at radius 2 is 1.88 bits per heavy atom. The van der Waals surface area contributed by atoms with Crippen molar-refractivity contribution >= 4 is 5.69 Å². The van der Waals surface area contributed by atoms with Crippen molar-refractivity contribution < 1.29 is 0 Å². The van der Waals surface area contributed by atoms with Crippen LogP contribution in [-0.2, 0) is 6.54 Å². The Bertz CT molecular complexity index is 495. The molecule has 0 amide bonds. The number of hydrogen-bond donors (Lipinski definition) is 1. The highest BCUT2D eigenvalue weighted by atomic mass is 15.1. The second-order valence-corrected chi connectivity index (χ2v) is 4.87. The molecular formula is C14H19N3. The normalized spacial score (nSPS) is 11.1. The van der Waals surface area contributed by atoms with Crippen LogP contribution in [0.1, 0.15) is 19.5 Å². The van der Waals surface area contributed by atoms with Crippen LogP contribution in [-0.4, -0.2) is 9.55 Å². The molecule has 90 valence electrons. The van der Waals surface area contributed by atoms with Crippen LogP contribution >= 0.6 is 0 Å². The molecule has 3 nitrogen and oxygen atoms in total. The Labute approximate surface area is 102 Å². The highest BCUT2D eigenvalue weighted by Crippen LogP contribution is 2.21. The second-order valence-electron chi connectivity index (χ2n) is 4.87. The van der Waals surface area contributed by atoms with E-state index < -0.39 is 0 Å². The number of aryl methyl sites for hydroxylation is 1. The maximum atomic E-state index is 5.70. The van der Waals surface area contributed by atoms with Gasteiger partial charge in [-0.05, 0) is 37.1 Å². The topological polar surface area (TPSA) is 43.8 Å². The molecule has 0 aliphatic heterocycles. The summed E-state index contributed by atoms with van der Waals surface area (Å²) in [5.74, 6) is 1.63. The van der Waals surface area contributed by atoms with E-state index in [4.69, 9.17) is 5.73 Å². The lowest BCUT2D eigenvalue weighted by atomic mass is 10.2. The van der Waals surface area contributed by atoms with Gasteiger partial charge in [-0.25, -0.2) is 4.98 Å². The molecule has 0 aliphatic rings. The summed E-state index contributed by atoms with van der Waals surface area (Å²) in [4.78, 5) is 4.59. The molecule has 2 aromatic rings. The van der Waals surface area contributed by atoms with E-state index >= 15 is 0 Å². The minimum atomic E-state index is 0.608. The highest BCUT2D eigenvalue weighted by Gasteiger charge is 2.09. The van der Waals surface area contributed by atoms with Crippen LogP contribution in [0.2, 0.25) is 0 Å². The summed E-state index contributed by atoms with van der Waals surface area (Å²) in [6.45, 7) is 7.43. The third kappa shape index (κ3) is 2.67. The molecule has 0 radical (unpaired) electrons. The van der Waals surface area contributed by atoms with E-state index in [0.717, 1.165) is 29.3 Å². The van der Waals surface area contributed by atoms with Crippen molar-refractivity contribution in [2.24, 2.45) is 5.92 Å². The van der Waals surface area contributed by atoms with E-state index in [1.165, 1.54) is 0 Å². The molecular weight excluding hydrogens is 210 g/mol. The van der Waals surface area contributed by atoms with Gasteiger partial charge < -0.3 is 10.3 Å². The molecule has 0 spiro atoms. The summed E-state index contributed by atoms with van der Waals surface area (Å²) in [5.41, 5.74) is 8.66. The van der Waals surface area contributed by atoms with E-state index in [-0.39, 0.29) is 0 Å². The number of hydrogen-bond acceptors (Lipinski definition) is 2. The van der Waals surface area contributed by atoms with Gasteiger partial charge in [0.2, 0.25) is 0 Å². The molecule has 17 heavy (non-hydrogen) atoms. The number of nitrogen functional groups attached to an aromatic ring is 1. The number of anilines is 1. The summed E-state index contributed by atoms with van der Waals surface area (Å²) in [6, 6.07) is 7.87. The molecule has 0 aliphatic carbocycles. The smallest absolute Gasteiger partial charge is 0.140 e. The minimum absolute atomic E-state index is 0.608. The van der Waals surface area contributed by atoms with Gasteiger partial charge in [-0.1, -0.05) is 13.8 Å². The molecule has 0 fully saturated rings. The average Bonchev–Trinajstić information content (AvgIpc) is 2.59. The van der Waals surface area contributed by atoms with Crippen LogP contribution in [0, 0.1) is 12.8 Å². The molecule has 0 unspecified atom stereocenters. The zero-order valence-corrected chi connectivity index (χ0v) is 10.6. The summed E-state index contributed by atoms with van der Waals surface area (Å²) < 4.78 is 2.21. The Balaban J connectivity index is 2.40. The van der Waals surface area contributed by atoms with Crippen molar-refractivity contribution in [3.05, 3.63) is 36.2 Å². The van der Waals surface area contributed by atoms with E-state index in [9.17, 15) is 0 Å². The van der Waals surface area contributed by atoms with Gasteiger partial charge in [0.25, 0.3) is 0 Å². The molecule has 1 aromatic carbocycles. The van der Waals surface area contributed by atoms with Gasteiger partial charge in [-0.2, -0.15) is 0 Å². The molecule has 1 aromatic heterocycles. The first-order chi connectivity index (χ1) is 8.06. The Hall–Kier alpha value is -1.77. The molecule has 2 N–H and O–H groups in total. The van der Waals surface area contributed by atoms with E-state index in [1.807, 2.05) is 31.2 Å². The van der Waals surface area contributed by atoms with Gasteiger partial charge in [0.15, 0.2) is 0 Å². The monoisotopic (exact) mass is 229 g/mol. The van der Waals surface area contributed by atoms with Crippen LogP contribution < -0.4 is 5.73 Å². The maximum Gasteiger partial charge on any atom is 0.140 e. The molecule has 2 rings (SSSR count). The molecule has 0 atom stereocenters. The zero-order chi connectivity index (χ0) is 12.4. The summed E-state index contributed by atoms with van der Waals surface area (Å²) in [7, 11) is 0. The van der Waals surface area contributed by atoms with Crippen LogP contribution in [0.5, 0.6) is 0 Å². The molecule has 0 saturated heterocycles. The Morgan fingerprint density at radius 3 is 2.47 bits per heavy atom. The van der Waals surface area contributed by atoms with Gasteiger partial charge in [0.05, 0.1) is 5.69 Å². The van der Waals surface area contributed by atoms with Crippen LogP contribution in [0.4, 0.5) is 5.69 Å². The highest BCUT2D eigenvalue weighted by molar-refractivity contribution is 5.59. The first-order valence-corrected chi connectivity index (χ1v) is 5.96. The van der Waals surface area contributed by atoms with Crippen LogP contribution in [0.3, 0.4) is 0 Å². The quantitative estimate of drug-likeness (QED) is 0.822. The zero-order valence-electron chi connectivity index (χ0n) is 10.6. The second kappa shape index (κ2) is 4.62. The summed E-state index contributed by atoms with van der Waals surface area (Å²) in [6.07, 6.45) is 2.10. The first kappa shape index (κ1) is 11.7. The van der Waals surface area contributed by atoms with Crippen LogP contribution in [0.25, 0.3) is 11.4 Å². The van der Waals surface area contributed by atoms with E-state index in [1.54, 1.807) is 0 Å². The summed E-state index contributed by atoms with van der Waals surface area (Å²) >= 11 is 0.